The highest BCUT2D eigenvalue weighted by atomic mass is 19.1. The summed E-state index contributed by atoms with van der Waals surface area (Å²) in [5, 5.41) is 0. The van der Waals surface area contributed by atoms with Gasteiger partial charge in [-0.2, -0.15) is 0 Å². The van der Waals surface area contributed by atoms with E-state index in [0.717, 1.165) is 5.56 Å². The molecular weight excluding hydrogens is 273 g/mol. The van der Waals surface area contributed by atoms with Gasteiger partial charge in [0.1, 0.15) is 18.2 Å². The molecule has 1 N–H and O–H groups in total. The molecule has 0 aromatic heterocycles. The van der Waals surface area contributed by atoms with Crippen LogP contribution >= 0.6 is 0 Å². The van der Waals surface area contributed by atoms with Gasteiger partial charge in [-0.25, -0.2) is 9.87 Å². The van der Waals surface area contributed by atoms with Crippen molar-refractivity contribution in [3.05, 3.63) is 65.5 Å². The second-order valence-corrected chi connectivity index (χ2v) is 4.28. The SMILES string of the molecule is CCONC(=O)c1ccccc1OCc1ccc(F)cc1. The number of ether oxygens (including phenoxy) is 1. The van der Waals surface area contributed by atoms with Crippen LogP contribution in [0.25, 0.3) is 0 Å². The molecule has 0 aliphatic rings. The summed E-state index contributed by atoms with van der Waals surface area (Å²) in [6.07, 6.45) is 0. The molecule has 2 aromatic carbocycles. The molecule has 0 atom stereocenters. The molecule has 0 fully saturated rings. The molecule has 0 spiro atoms. The summed E-state index contributed by atoms with van der Waals surface area (Å²) in [6, 6.07) is 12.9. The topological polar surface area (TPSA) is 47.6 Å². The van der Waals surface area contributed by atoms with Gasteiger partial charge < -0.3 is 4.74 Å². The van der Waals surface area contributed by atoms with Crippen LogP contribution in [0.2, 0.25) is 0 Å². The van der Waals surface area contributed by atoms with E-state index >= 15 is 0 Å². The van der Waals surface area contributed by atoms with Crippen LogP contribution in [0.3, 0.4) is 0 Å². The molecule has 0 bridgehead atoms. The molecule has 1 amide bonds. The van der Waals surface area contributed by atoms with Crippen LogP contribution in [0.4, 0.5) is 4.39 Å². The molecule has 0 aliphatic carbocycles. The van der Waals surface area contributed by atoms with Crippen LogP contribution in [0.15, 0.2) is 48.5 Å². The summed E-state index contributed by atoms with van der Waals surface area (Å²) in [5.41, 5.74) is 3.52. The summed E-state index contributed by atoms with van der Waals surface area (Å²) in [7, 11) is 0. The van der Waals surface area contributed by atoms with Crippen molar-refractivity contribution >= 4 is 5.91 Å². The smallest absolute Gasteiger partial charge is 0.278 e. The standard InChI is InChI=1S/C16H16FNO3/c1-2-21-18-16(19)14-5-3-4-6-15(14)20-11-12-7-9-13(17)10-8-12/h3-10H,2,11H2,1H3,(H,18,19). The van der Waals surface area contributed by atoms with E-state index in [1.54, 1.807) is 43.3 Å². The number of hydroxylamine groups is 1. The van der Waals surface area contributed by atoms with E-state index in [9.17, 15) is 9.18 Å². The molecule has 0 aliphatic heterocycles. The quantitative estimate of drug-likeness (QED) is 0.831. The molecule has 2 rings (SSSR count). The average molecular weight is 289 g/mol. The van der Waals surface area contributed by atoms with E-state index < -0.39 is 0 Å². The minimum atomic E-state index is -0.369. The summed E-state index contributed by atoms with van der Waals surface area (Å²) >= 11 is 0. The first-order valence-electron chi connectivity index (χ1n) is 6.59. The zero-order valence-corrected chi connectivity index (χ0v) is 11.6. The lowest BCUT2D eigenvalue weighted by Crippen LogP contribution is -2.24. The largest absolute Gasteiger partial charge is 0.488 e. The van der Waals surface area contributed by atoms with E-state index in [1.807, 2.05) is 0 Å². The predicted molar refractivity (Wildman–Crippen MR) is 76.3 cm³/mol. The van der Waals surface area contributed by atoms with Crippen molar-refractivity contribution in [2.24, 2.45) is 0 Å². The highest BCUT2D eigenvalue weighted by Crippen LogP contribution is 2.19. The number of carbonyl (C=O) groups is 1. The Morgan fingerprint density at radius 1 is 1.14 bits per heavy atom. The molecule has 5 heteroatoms. The number of para-hydroxylation sites is 1. The van der Waals surface area contributed by atoms with Gasteiger partial charge in [-0.15, -0.1) is 0 Å². The first kappa shape index (κ1) is 15.0. The Kier molecular flexibility index (Phi) is 5.29. The lowest BCUT2D eigenvalue weighted by molar-refractivity contribution is 0.0361. The molecule has 2 aromatic rings. The highest BCUT2D eigenvalue weighted by Gasteiger charge is 2.12. The van der Waals surface area contributed by atoms with Gasteiger partial charge >= 0.3 is 0 Å². The summed E-state index contributed by atoms with van der Waals surface area (Å²) in [6.45, 7) is 2.40. The number of amides is 1. The van der Waals surface area contributed by atoms with E-state index in [2.05, 4.69) is 5.48 Å². The number of hydrogen-bond donors (Lipinski definition) is 1. The Bertz CT molecular complexity index is 599. The normalized spacial score (nSPS) is 10.2. The zero-order valence-electron chi connectivity index (χ0n) is 11.6. The van der Waals surface area contributed by atoms with Crippen LogP contribution in [-0.4, -0.2) is 12.5 Å². The molecule has 110 valence electrons. The van der Waals surface area contributed by atoms with Crippen molar-refractivity contribution in [3.63, 3.8) is 0 Å². The highest BCUT2D eigenvalue weighted by molar-refractivity contribution is 5.96. The van der Waals surface area contributed by atoms with Gasteiger partial charge in [-0.1, -0.05) is 24.3 Å². The second kappa shape index (κ2) is 7.40. The number of carbonyl (C=O) groups excluding carboxylic acids is 1. The van der Waals surface area contributed by atoms with Crippen molar-refractivity contribution in [2.45, 2.75) is 13.5 Å². The molecule has 0 radical (unpaired) electrons. The molecule has 21 heavy (non-hydrogen) atoms. The summed E-state index contributed by atoms with van der Waals surface area (Å²) < 4.78 is 18.5. The van der Waals surface area contributed by atoms with Gasteiger partial charge in [0, 0.05) is 0 Å². The van der Waals surface area contributed by atoms with Crippen molar-refractivity contribution < 1.29 is 18.8 Å². The first-order valence-corrected chi connectivity index (χ1v) is 6.59. The maximum absolute atomic E-state index is 12.8. The van der Waals surface area contributed by atoms with E-state index in [-0.39, 0.29) is 18.3 Å². The maximum Gasteiger partial charge on any atom is 0.278 e. The lowest BCUT2D eigenvalue weighted by Gasteiger charge is -2.11. The summed E-state index contributed by atoms with van der Waals surface area (Å²) in [5.74, 6) is -0.221. The molecule has 0 unspecified atom stereocenters. The number of nitrogens with one attached hydrogen (secondary N) is 1. The Morgan fingerprint density at radius 2 is 1.86 bits per heavy atom. The van der Waals surface area contributed by atoms with Gasteiger partial charge in [0.15, 0.2) is 0 Å². The minimum Gasteiger partial charge on any atom is -0.488 e. The Hall–Kier alpha value is -2.40. The molecule has 0 heterocycles. The fourth-order valence-corrected chi connectivity index (χ4v) is 1.71. The number of rotatable bonds is 6. The zero-order chi connectivity index (χ0) is 15.1. The summed E-state index contributed by atoms with van der Waals surface area (Å²) in [4.78, 5) is 16.8. The van der Waals surface area contributed by atoms with Gasteiger partial charge in [0.05, 0.1) is 12.2 Å². The molecule has 0 saturated carbocycles. The van der Waals surface area contributed by atoms with Crippen LogP contribution in [0, 0.1) is 5.82 Å². The van der Waals surface area contributed by atoms with E-state index in [4.69, 9.17) is 9.57 Å². The molecular formula is C16H16FNO3. The van der Waals surface area contributed by atoms with Crippen LogP contribution in [-0.2, 0) is 11.4 Å². The monoisotopic (exact) mass is 289 g/mol. The van der Waals surface area contributed by atoms with Gasteiger partial charge in [-0.3, -0.25) is 9.63 Å². The van der Waals surface area contributed by atoms with E-state index in [0.29, 0.717) is 17.9 Å². The fourth-order valence-electron chi connectivity index (χ4n) is 1.71. The number of hydrogen-bond acceptors (Lipinski definition) is 3. The number of halogens is 1. The second-order valence-electron chi connectivity index (χ2n) is 4.28. The Morgan fingerprint density at radius 3 is 2.57 bits per heavy atom. The van der Waals surface area contributed by atoms with Crippen LogP contribution < -0.4 is 10.2 Å². The molecule has 0 saturated heterocycles. The maximum atomic E-state index is 12.8. The Balaban J connectivity index is 2.06. The lowest BCUT2D eigenvalue weighted by atomic mass is 10.2. The number of benzene rings is 2. The van der Waals surface area contributed by atoms with Gasteiger partial charge in [-0.05, 0) is 36.8 Å². The fraction of sp³-hybridized carbons (Fsp3) is 0.188. The van der Waals surface area contributed by atoms with Gasteiger partial charge in [0.25, 0.3) is 5.91 Å². The first-order chi connectivity index (χ1) is 10.2. The predicted octanol–water partition coefficient (Wildman–Crippen LogP) is 3.09. The van der Waals surface area contributed by atoms with Crippen molar-refractivity contribution in [1.29, 1.82) is 0 Å². The third-order valence-corrected chi connectivity index (χ3v) is 2.75. The van der Waals surface area contributed by atoms with Gasteiger partial charge in [0.2, 0.25) is 0 Å². The van der Waals surface area contributed by atoms with Crippen LogP contribution in [0.5, 0.6) is 5.75 Å². The Labute approximate surface area is 122 Å². The van der Waals surface area contributed by atoms with Crippen molar-refractivity contribution in [2.75, 3.05) is 6.61 Å². The average Bonchev–Trinajstić information content (AvgIpc) is 2.52. The molecule has 4 nitrogen and oxygen atoms in total. The third kappa shape index (κ3) is 4.29. The van der Waals surface area contributed by atoms with E-state index in [1.165, 1.54) is 12.1 Å². The minimum absolute atomic E-state index is 0.249. The van der Waals surface area contributed by atoms with Crippen molar-refractivity contribution in [1.82, 2.24) is 5.48 Å². The third-order valence-electron chi connectivity index (χ3n) is 2.75. The van der Waals surface area contributed by atoms with Crippen LogP contribution in [0.1, 0.15) is 22.8 Å². The van der Waals surface area contributed by atoms with Crippen molar-refractivity contribution in [3.8, 4) is 5.75 Å².